The Morgan fingerprint density at radius 2 is 1.85 bits per heavy atom. The van der Waals surface area contributed by atoms with Gasteiger partial charge in [-0.25, -0.2) is 9.18 Å². The molecule has 4 rings (SSSR count). The molecular weight excluding hydrogens is 441 g/mol. The van der Waals surface area contributed by atoms with Gasteiger partial charge >= 0.3 is 6.03 Å². The Balaban J connectivity index is 1.66. The highest BCUT2D eigenvalue weighted by atomic mass is 35.5. The maximum absolute atomic E-state index is 13.2. The van der Waals surface area contributed by atoms with Crippen molar-refractivity contribution in [2.24, 2.45) is 0 Å². The number of fused-ring (bicyclic) bond motifs is 1. The lowest BCUT2D eigenvalue weighted by Gasteiger charge is -2.43. The predicted molar refractivity (Wildman–Crippen MR) is 130 cm³/mol. The molecule has 0 radical (unpaired) electrons. The number of carbonyl (C=O) groups excluding carboxylic acids is 2. The van der Waals surface area contributed by atoms with E-state index in [0.717, 1.165) is 34.7 Å². The number of rotatable bonds is 5. The lowest BCUT2D eigenvalue weighted by molar-refractivity contribution is -0.123. The number of urea groups is 1. The summed E-state index contributed by atoms with van der Waals surface area (Å²) in [5, 5.41) is 3.14. The van der Waals surface area contributed by atoms with E-state index in [2.05, 4.69) is 44.0 Å². The van der Waals surface area contributed by atoms with Crippen LogP contribution in [0.25, 0.3) is 11.6 Å². The highest BCUT2D eigenvalue weighted by Crippen LogP contribution is 2.42. The van der Waals surface area contributed by atoms with Crippen molar-refractivity contribution in [2.45, 2.75) is 46.2 Å². The fourth-order valence-corrected chi connectivity index (χ4v) is 4.71. The van der Waals surface area contributed by atoms with E-state index >= 15 is 0 Å². The average molecular weight is 468 g/mol. The Labute approximate surface area is 198 Å². The normalized spacial score (nSPS) is 18.5. The number of nitrogens with zero attached hydrogens (tertiary/aromatic N) is 2. The van der Waals surface area contributed by atoms with E-state index in [0.29, 0.717) is 16.1 Å². The van der Waals surface area contributed by atoms with E-state index in [9.17, 15) is 14.0 Å². The fourth-order valence-electron chi connectivity index (χ4n) is 4.50. The van der Waals surface area contributed by atoms with Gasteiger partial charge < -0.3 is 10.2 Å². The number of allylic oxidation sites excluding steroid dienone is 1. The molecule has 2 aromatic carbocycles. The number of anilines is 1. The molecule has 0 unspecified atom stereocenters. The summed E-state index contributed by atoms with van der Waals surface area (Å²) in [6.07, 6.45) is 4.86. The zero-order valence-corrected chi connectivity index (χ0v) is 20.0. The molecule has 0 aromatic heterocycles. The molecule has 2 heterocycles. The molecule has 1 N–H and O–H groups in total. The van der Waals surface area contributed by atoms with Gasteiger partial charge in [0, 0.05) is 22.8 Å². The summed E-state index contributed by atoms with van der Waals surface area (Å²) in [7, 11) is 0. The molecule has 0 saturated carbocycles. The van der Waals surface area contributed by atoms with Crippen LogP contribution in [0.15, 0.2) is 48.2 Å². The van der Waals surface area contributed by atoms with Gasteiger partial charge in [-0.3, -0.25) is 9.69 Å². The summed E-state index contributed by atoms with van der Waals surface area (Å²) in [6, 6.07) is 9.10. The monoisotopic (exact) mass is 467 g/mol. The minimum absolute atomic E-state index is 0.0586. The van der Waals surface area contributed by atoms with Gasteiger partial charge in [0.15, 0.2) is 0 Å². The molecule has 2 aliphatic rings. The molecule has 33 heavy (non-hydrogen) atoms. The van der Waals surface area contributed by atoms with Crippen LogP contribution in [-0.4, -0.2) is 28.9 Å². The van der Waals surface area contributed by atoms with Crippen molar-refractivity contribution in [1.29, 1.82) is 0 Å². The Kier molecular flexibility index (Phi) is 6.06. The van der Waals surface area contributed by atoms with E-state index in [1.165, 1.54) is 12.1 Å². The van der Waals surface area contributed by atoms with Crippen LogP contribution in [0.4, 0.5) is 14.9 Å². The Morgan fingerprint density at radius 3 is 2.52 bits per heavy atom. The van der Waals surface area contributed by atoms with E-state index < -0.39 is 11.9 Å². The molecule has 2 aliphatic heterocycles. The van der Waals surface area contributed by atoms with Crippen molar-refractivity contribution in [3.05, 3.63) is 75.7 Å². The third-order valence-corrected chi connectivity index (χ3v) is 6.39. The standard InChI is InChI=1S/C26H27ClFN3O2/c1-5-10-31-23-13-21(27)18(11-20(23)16(2)14-26(31,3)4)12-22-24(32)30(25(33)29-22)15-17-6-8-19(28)9-7-17/h6-9,11-14H,5,10,15H2,1-4H3,(H,29,33)/b22-12+. The van der Waals surface area contributed by atoms with E-state index in [4.69, 9.17) is 11.6 Å². The first-order valence-corrected chi connectivity index (χ1v) is 11.4. The van der Waals surface area contributed by atoms with Crippen molar-refractivity contribution < 1.29 is 14.0 Å². The Hall–Kier alpha value is -3.12. The topological polar surface area (TPSA) is 52.7 Å². The summed E-state index contributed by atoms with van der Waals surface area (Å²) in [5.74, 6) is -0.817. The van der Waals surface area contributed by atoms with Crippen molar-refractivity contribution in [1.82, 2.24) is 10.2 Å². The number of halogens is 2. The second-order valence-corrected chi connectivity index (χ2v) is 9.44. The lowest BCUT2D eigenvalue weighted by atomic mass is 9.87. The first-order valence-electron chi connectivity index (χ1n) is 11.0. The number of carbonyl (C=O) groups is 2. The van der Waals surface area contributed by atoms with Crippen LogP contribution in [0, 0.1) is 5.82 Å². The Morgan fingerprint density at radius 1 is 1.15 bits per heavy atom. The zero-order chi connectivity index (χ0) is 23.9. The first kappa shape index (κ1) is 23.1. The largest absolute Gasteiger partial charge is 0.362 e. The minimum Gasteiger partial charge on any atom is -0.362 e. The third kappa shape index (κ3) is 4.40. The van der Waals surface area contributed by atoms with Gasteiger partial charge in [-0.1, -0.05) is 36.7 Å². The van der Waals surface area contributed by atoms with Gasteiger partial charge in [-0.05, 0) is 74.2 Å². The van der Waals surface area contributed by atoms with Gasteiger partial charge in [0.1, 0.15) is 11.5 Å². The second kappa shape index (κ2) is 8.67. The van der Waals surface area contributed by atoms with Crippen LogP contribution in [0.1, 0.15) is 50.8 Å². The molecule has 0 atom stereocenters. The zero-order valence-electron chi connectivity index (χ0n) is 19.2. The second-order valence-electron chi connectivity index (χ2n) is 9.03. The number of hydrogen-bond donors (Lipinski definition) is 1. The van der Waals surface area contributed by atoms with Gasteiger partial charge in [-0.15, -0.1) is 0 Å². The van der Waals surface area contributed by atoms with Crippen LogP contribution in [0.3, 0.4) is 0 Å². The predicted octanol–water partition coefficient (Wildman–Crippen LogP) is 5.98. The van der Waals surface area contributed by atoms with E-state index in [-0.39, 0.29) is 23.6 Å². The maximum Gasteiger partial charge on any atom is 0.329 e. The molecule has 7 heteroatoms. The Bertz CT molecular complexity index is 1180. The van der Waals surface area contributed by atoms with Gasteiger partial charge in [0.2, 0.25) is 0 Å². The highest BCUT2D eigenvalue weighted by molar-refractivity contribution is 6.32. The maximum atomic E-state index is 13.2. The minimum atomic E-state index is -0.517. The molecule has 5 nitrogen and oxygen atoms in total. The molecule has 0 spiro atoms. The molecule has 1 fully saturated rings. The van der Waals surface area contributed by atoms with Crippen LogP contribution in [0.2, 0.25) is 5.02 Å². The van der Waals surface area contributed by atoms with Crippen molar-refractivity contribution in [3.8, 4) is 0 Å². The molecule has 1 saturated heterocycles. The van der Waals surface area contributed by atoms with Crippen molar-refractivity contribution in [2.75, 3.05) is 11.4 Å². The van der Waals surface area contributed by atoms with Crippen molar-refractivity contribution >= 4 is 40.9 Å². The third-order valence-electron chi connectivity index (χ3n) is 6.06. The van der Waals surface area contributed by atoms with Crippen LogP contribution in [-0.2, 0) is 11.3 Å². The quantitative estimate of drug-likeness (QED) is 0.434. The van der Waals surface area contributed by atoms with Crippen LogP contribution >= 0.6 is 11.6 Å². The number of nitrogens with one attached hydrogen (secondary N) is 1. The molecule has 172 valence electrons. The number of amides is 3. The molecule has 3 amide bonds. The summed E-state index contributed by atoms with van der Waals surface area (Å²) < 4.78 is 13.2. The molecule has 0 aliphatic carbocycles. The highest BCUT2D eigenvalue weighted by Gasteiger charge is 2.34. The number of hydrogen-bond acceptors (Lipinski definition) is 3. The summed E-state index contributed by atoms with van der Waals surface area (Å²) in [4.78, 5) is 28.8. The lowest BCUT2D eigenvalue weighted by Crippen LogP contribution is -2.45. The summed E-state index contributed by atoms with van der Waals surface area (Å²) >= 11 is 6.65. The summed E-state index contributed by atoms with van der Waals surface area (Å²) in [5.41, 5.74) is 4.60. The number of benzene rings is 2. The van der Waals surface area contributed by atoms with Gasteiger partial charge in [0.25, 0.3) is 5.91 Å². The first-order chi connectivity index (χ1) is 15.6. The molecule has 0 bridgehead atoms. The van der Waals surface area contributed by atoms with Gasteiger partial charge in [-0.2, -0.15) is 0 Å². The molecular formula is C26H27ClFN3O2. The average Bonchev–Trinajstić information content (AvgIpc) is 3.00. The summed E-state index contributed by atoms with van der Waals surface area (Å²) in [6.45, 7) is 9.54. The SMILES string of the molecule is CCCN1c2cc(Cl)c(/C=C3/NC(=O)N(Cc4ccc(F)cc4)C3=O)cc2C(C)=CC1(C)C. The van der Waals surface area contributed by atoms with Crippen LogP contribution < -0.4 is 10.2 Å². The van der Waals surface area contributed by atoms with Crippen molar-refractivity contribution in [3.63, 3.8) is 0 Å². The van der Waals surface area contributed by atoms with E-state index in [1.807, 2.05) is 12.1 Å². The molecule has 2 aromatic rings. The fraction of sp³-hybridized carbons (Fsp3) is 0.308. The smallest absolute Gasteiger partial charge is 0.329 e. The van der Waals surface area contributed by atoms with E-state index in [1.54, 1.807) is 18.2 Å². The van der Waals surface area contributed by atoms with Crippen LogP contribution in [0.5, 0.6) is 0 Å². The number of imide groups is 1. The van der Waals surface area contributed by atoms with Gasteiger partial charge in [0.05, 0.1) is 12.1 Å².